The van der Waals surface area contributed by atoms with Crippen molar-refractivity contribution in [2.45, 2.75) is 6.92 Å². The molecular weight excluding hydrogens is 255 g/mol. The SMILES string of the molecule is Cc1cc(Cl)ccc1-c1cc(F)ccc1C(=O)O. The number of rotatable bonds is 2. The average Bonchev–Trinajstić information content (AvgIpc) is 2.28. The van der Waals surface area contributed by atoms with Crippen LogP contribution < -0.4 is 0 Å². The van der Waals surface area contributed by atoms with E-state index in [4.69, 9.17) is 16.7 Å². The van der Waals surface area contributed by atoms with E-state index in [0.29, 0.717) is 16.1 Å². The highest BCUT2D eigenvalue weighted by Crippen LogP contribution is 2.29. The predicted octanol–water partition coefficient (Wildman–Crippen LogP) is 4.15. The molecule has 0 spiro atoms. The number of halogens is 2. The van der Waals surface area contributed by atoms with E-state index in [1.807, 2.05) is 0 Å². The Morgan fingerprint density at radius 3 is 2.50 bits per heavy atom. The standard InChI is InChI=1S/C14H10ClFO2/c1-8-6-9(15)2-4-11(8)13-7-10(16)3-5-12(13)14(17)18/h2-7H,1H3,(H,17,18). The smallest absolute Gasteiger partial charge is 0.336 e. The molecule has 2 nitrogen and oxygen atoms in total. The van der Waals surface area contributed by atoms with Gasteiger partial charge in [-0.2, -0.15) is 0 Å². The molecule has 2 aromatic carbocycles. The van der Waals surface area contributed by atoms with Gasteiger partial charge in [-0.1, -0.05) is 17.7 Å². The van der Waals surface area contributed by atoms with Crippen molar-refractivity contribution in [1.82, 2.24) is 0 Å². The Bertz CT molecular complexity index is 623. The quantitative estimate of drug-likeness (QED) is 0.885. The van der Waals surface area contributed by atoms with Crippen LogP contribution in [0, 0.1) is 12.7 Å². The van der Waals surface area contributed by atoms with Crippen molar-refractivity contribution in [2.75, 3.05) is 0 Å². The Labute approximate surface area is 109 Å². The molecule has 0 bridgehead atoms. The van der Waals surface area contributed by atoms with Crippen molar-refractivity contribution < 1.29 is 14.3 Å². The van der Waals surface area contributed by atoms with Gasteiger partial charge in [-0.05, 0) is 53.9 Å². The first-order chi connectivity index (χ1) is 8.49. The number of hydrogen-bond donors (Lipinski definition) is 1. The average molecular weight is 265 g/mol. The maximum absolute atomic E-state index is 13.3. The highest BCUT2D eigenvalue weighted by atomic mass is 35.5. The van der Waals surface area contributed by atoms with Crippen molar-refractivity contribution in [3.63, 3.8) is 0 Å². The number of aromatic carboxylic acids is 1. The van der Waals surface area contributed by atoms with E-state index in [0.717, 1.165) is 11.6 Å². The van der Waals surface area contributed by atoms with Gasteiger partial charge < -0.3 is 5.11 Å². The summed E-state index contributed by atoms with van der Waals surface area (Å²) in [7, 11) is 0. The summed E-state index contributed by atoms with van der Waals surface area (Å²) in [6.45, 7) is 1.80. The largest absolute Gasteiger partial charge is 0.478 e. The third-order valence-corrected chi connectivity index (χ3v) is 2.93. The third-order valence-electron chi connectivity index (χ3n) is 2.69. The van der Waals surface area contributed by atoms with Gasteiger partial charge in [0.15, 0.2) is 0 Å². The highest BCUT2D eigenvalue weighted by molar-refractivity contribution is 6.30. The number of benzene rings is 2. The fraction of sp³-hybridized carbons (Fsp3) is 0.0714. The molecule has 0 aliphatic carbocycles. The van der Waals surface area contributed by atoms with Crippen molar-refractivity contribution in [3.05, 3.63) is 58.4 Å². The van der Waals surface area contributed by atoms with E-state index >= 15 is 0 Å². The summed E-state index contributed by atoms with van der Waals surface area (Å²) < 4.78 is 13.3. The minimum Gasteiger partial charge on any atom is -0.478 e. The zero-order chi connectivity index (χ0) is 13.3. The molecule has 2 aromatic rings. The number of carboxylic acids is 1. The van der Waals surface area contributed by atoms with E-state index in [9.17, 15) is 9.18 Å². The lowest BCUT2D eigenvalue weighted by Gasteiger charge is -2.10. The van der Waals surface area contributed by atoms with Crippen LogP contribution in [0.5, 0.6) is 0 Å². The van der Waals surface area contributed by atoms with Gasteiger partial charge in [-0.25, -0.2) is 9.18 Å². The number of carbonyl (C=O) groups is 1. The molecule has 0 unspecified atom stereocenters. The molecule has 4 heteroatoms. The van der Waals surface area contributed by atoms with Gasteiger partial charge in [-0.3, -0.25) is 0 Å². The summed E-state index contributed by atoms with van der Waals surface area (Å²) in [5.41, 5.74) is 1.89. The van der Waals surface area contributed by atoms with Crippen LogP contribution >= 0.6 is 11.6 Å². The lowest BCUT2D eigenvalue weighted by Crippen LogP contribution is -2.00. The highest BCUT2D eigenvalue weighted by Gasteiger charge is 2.14. The molecule has 0 aliphatic heterocycles. The lowest BCUT2D eigenvalue weighted by molar-refractivity contribution is 0.0697. The fourth-order valence-corrected chi connectivity index (χ4v) is 2.08. The number of carboxylic acid groups (broad SMARTS) is 1. The van der Waals surface area contributed by atoms with Crippen molar-refractivity contribution >= 4 is 17.6 Å². The van der Waals surface area contributed by atoms with Crippen molar-refractivity contribution in [3.8, 4) is 11.1 Å². The van der Waals surface area contributed by atoms with Crippen LogP contribution in [0.25, 0.3) is 11.1 Å². The van der Waals surface area contributed by atoms with Crippen LogP contribution in [-0.2, 0) is 0 Å². The van der Waals surface area contributed by atoms with Crippen LogP contribution in [0.2, 0.25) is 5.02 Å². The molecule has 0 amide bonds. The second-order valence-corrected chi connectivity index (χ2v) is 4.39. The summed E-state index contributed by atoms with van der Waals surface area (Å²) in [4.78, 5) is 11.1. The normalized spacial score (nSPS) is 10.4. The van der Waals surface area contributed by atoms with E-state index in [1.165, 1.54) is 12.1 Å². The summed E-state index contributed by atoms with van der Waals surface area (Å²) in [5.74, 6) is -1.55. The minimum atomic E-state index is -1.08. The van der Waals surface area contributed by atoms with Crippen LogP contribution in [0.3, 0.4) is 0 Å². The maximum Gasteiger partial charge on any atom is 0.336 e. The Morgan fingerprint density at radius 1 is 1.17 bits per heavy atom. The Kier molecular flexibility index (Phi) is 3.34. The molecule has 0 fully saturated rings. The first-order valence-corrected chi connectivity index (χ1v) is 5.66. The van der Waals surface area contributed by atoms with Crippen LogP contribution in [0.1, 0.15) is 15.9 Å². The third kappa shape index (κ3) is 2.36. The molecule has 0 radical (unpaired) electrons. The van der Waals surface area contributed by atoms with Gasteiger partial charge in [0.1, 0.15) is 5.82 Å². The number of aryl methyl sites for hydroxylation is 1. The first-order valence-electron chi connectivity index (χ1n) is 5.28. The molecule has 0 saturated heterocycles. The van der Waals surface area contributed by atoms with Gasteiger partial charge in [0.2, 0.25) is 0 Å². The summed E-state index contributed by atoms with van der Waals surface area (Å²) in [6, 6.07) is 8.69. The van der Waals surface area contributed by atoms with E-state index < -0.39 is 11.8 Å². The lowest BCUT2D eigenvalue weighted by atomic mass is 9.96. The van der Waals surface area contributed by atoms with Gasteiger partial charge in [-0.15, -0.1) is 0 Å². The molecule has 1 N–H and O–H groups in total. The minimum absolute atomic E-state index is 0.0711. The Morgan fingerprint density at radius 2 is 1.89 bits per heavy atom. The Balaban J connectivity index is 2.69. The maximum atomic E-state index is 13.3. The van der Waals surface area contributed by atoms with E-state index in [1.54, 1.807) is 25.1 Å². The monoisotopic (exact) mass is 264 g/mol. The van der Waals surface area contributed by atoms with E-state index in [-0.39, 0.29) is 5.56 Å². The van der Waals surface area contributed by atoms with Gasteiger partial charge in [0, 0.05) is 5.02 Å². The van der Waals surface area contributed by atoms with Crippen LogP contribution in [0.15, 0.2) is 36.4 Å². The van der Waals surface area contributed by atoms with E-state index in [2.05, 4.69) is 0 Å². The summed E-state index contributed by atoms with van der Waals surface area (Å²) >= 11 is 5.85. The predicted molar refractivity (Wildman–Crippen MR) is 68.5 cm³/mol. The Hall–Kier alpha value is -1.87. The number of hydrogen-bond acceptors (Lipinski definition) is 1. The summed E-state index contributed by atoms with van der Waals surface area (Å²) in [6.07, 6.45) is 0. The van der Waals surface area contributed by atoms with Gasteiger partial charge in [0.05, 0.1) is 5.56 Å². The first kappa shape index (κ1) is 12.6. The molecule has 18 heavy (non-hydrogen) atoms. The molecule has 0 heterocycles. The fourth-order valence-electron chi connectivity index (χ4n) is 1.86. The summed E-state index contributed by atoms with van der Waals surface area (Å²) in [5, 5.41) is 9.67. The van der Waals surface area contributed by atoms with Crippen molar-refractivity contribution in [2.24, 2.45) is 0 Å². The van der Waals surface area contributed by atoms with Crippen molar-refractivity contribution in [1.29, 1.82) is 0 Å². The molecular formula is C14H10ClFO2. The van der Waals surface area contributed by atoms with Gasteiger partial charge >= 0.3 is 5.97 Å². The second kappa shape index (κ2) is 4.78. The van der Waals surface area contributed by atoms with Crippen LogP contribution in [-0.4, -0.2) is 11.1 Å². The zero-order valence-electron chi connectivity index (χ0n) is 9.58. The molecule has 0 saturated carbocycles. The van der Waals surface area contributed by atoms with Gasteiger partial charge in [0.25, 0.3) is 0 Å². The molecule has 0 aliphatic rings. The molecule has 92 valence electrons. The topological polar surface area (TPSA) is 37.3 Å². The molecule has 0 aromatic heterocycles. The second-order valence-electron chi connectivity index (χ2n) is 3.95. The zero-order valence-corrected chi connectivity index (χ0v) is 10.3. The molecule has 2 rings (SSSR count). The molecule has 0 atom stereocenters. The van der Waals surface area contributed by atoms with Crippen LogP contribution in [0.4, 0.5) is 4.39 Å².